The van der Waals surface area contributed by atoms with Gasteiger partial charge in [0.05, 0.1) is 16.9 Å². The molecule has 7 heteroatoms. The number of nitrogens with zero attached hydrogens (tertiary/aromatic N) is 1. The van der Waals surface area contributed by atoms with Gasteiger partial charge in [-0.05, 0) is 36.1 Å². The summed E-state index contributed by atoms with van der Waals surface area (Å²) in [6.07, 6.45) is 1.76. The number of nitrogens with one attached hydrogen (secondary N) is 1. The first-order valence-corrected chi connectivity index (χ1v) is 8.01. The molecule has 0 fully saturated rings. The molecule has 6 nitrogen and oxygen atoms in total. The van der Waals surface area contributed by atoms with Gasteiger partial charge in [-0.2, -0.15) is 0 Å². The van der Waals surface area contributed by atoms with Crippen LogP contribution in [-0.2, 0) is 6.54 Å². The molecular weight excluding hydrogens is 316 g/mol. The van der Waals surface area contributed by atoms with Crippen molar-refractivity contribution in [2.75, 3.05) is 13.4 Å². The summed E-state index contributed by atoms with van der Waals surface area (Å²) in [4.78, 5) is 23.2. The van der Waals surface area contributed by atoms with E-state index in [0.717, 1.165) is 11.3 Å². The van der Waals surface area contributed by atoms with Gasteiger partial charge in [0.25, 0.3) is 11.6 Å². The first kappa shape index (κ1) is 16.8. The van der Waals surface area contributed by atoms with Crippen LogP contribution in [0.15, 0.2) is 47.4 Å². The van der Waals surface area contributed by atoms with Crippen molar-refractivity contribution < 1.29 is 14.5 Å². The first-order chi connectivity index (χ1) is 11.0. The van der Waals surface area contributed by atoms with Crippen LogP contribution in [0.3, 0.4) is 0 Å². The zero-order valence-corrected chi connectivity index (χ0v) is 13.6. The van der Waals surface area contributed by atoms with E-state index in [9.17, 15) is 14.9 Å². The predicted octanol–water partition coefficient (Wildman–Crippen LogP) is 3.26. The molecule has 0 atom stereocenters. The smallest absolute Gasteiger partial charge is 0.283 e. The van der Waals surface area contributed by atoms with Crippen LogP contribution in [-0.4, -0.2) is 24.2 Å². The number of amides is 1. The van der Waals surface area contributed by atoms with E-state index < -0.39 is 4.92 Å². The topological polar surface area (TPSA) is 81.5 Å². The van der Waals surface area contributed by atoms with Crippen LogP contribution < -0.4 is 10.1 Å². The molecule has 0 saturated heterocycles. The van der Waals surface area contributed by atoms with Crippen molar-refractivity contribution in [1.29, 1.82) is 0 Å². The second kappa shape index (κ2) is 7.64. The average Bonchev–Trinajstić information content (AvgIpc) is 2.59. The van der Waals surface area contributed by atoms with E-state index >= 15 is 0 Å². The summed E-state index contributed by atoms with van der Waals surface area (Å²) in [7, 11) is 1.59. The Bertz CT molecular complexity index is 717. The summed E-state index contributed by atoms with van der Waals surface area (Å²) in [6.45, 7) is 0.334. The highest BCUT2D eigenvalue weighted by Crippen LogP contribution is 2.28. The third kappa shape index (κ3) is 4.23. The molecule has 2 rings (SSSR count). The number of nitro groups is 1. The summed E-state index contributed by atoms with van der Waals surface area (Å²) in [6, 6.07) is 11.8. The van der Waals surface area contributed by atoms with Gasteiger partial charge in [0, 0.05) is 18.2 Å². The Morgan fingerprint density at radius 3 is 2.52 bits per heavy atom. The Hall–Kier alpha value is -2.54. The van der Waals surface area contributed by atoms with E-state index in [2.05, 4.69) is 5.32 Å². The number of benzene rings is 2. The van der Waals surface area contributed by atoms with E-state index in [1.807, 2.05) is 12.1 Å². The van der Waals surface area contributed by atoms with Crippen LogP contribution in [0.25, 0.3) is 0 Å². The lowest BCUT2D eigenvalue weighted by atomic mass is 10.1. The lowest BCUT2D eigenvalue weighted by molar-refractivity contribution is -0.387. The lowest BCUT2D eigenvalue weighted by Gasteiger charge is -2.07. The molecule has 23 heavy (non-hydrogen) atoms. The van der Waals surface area contributed by atoms with Crippen molar-refractivity contribution in [3.8, 4) is 5.75 Å². The van der Waals surface area contributed by atoms with Crippen LogP contribution >= 0.6 is 11.8 Å². The van der Waals surface area contributed by atoms with E-state index in [0.29, 0.717) is 11.4 Å². The van der Waals surface area contributed by atoms with Crippen molar-refractivity contribution in [3.05, 3.63) is 63.7 Å². The molecule has 0 unspecified atom stereocenters. The summed E-state index contributed by atoms with van der Waals surface area (Å²) in [5.74, 6) is 0.389. The standard InChI is InChI=1S/C16H16N2O4S/c1-22-13-6-3-11(4-7-13)10-17-16(19)12-5-8-15(23-2)14(9-12)18(20)21/h3-9H,10H2,1-2H3,(H,17,19). The monoisotopic (exact) mass is 332 g/mol. The van der Waals surface area contributed by atoms with Crippen molar-refractivity contribution in [2.45, 2.75) is 11.4 Å². The van der Waals surface area contributed by atoms with Crippen molar-refractivity contribution in [1.82, 2.24) is 5.32 Å². The Morgan fingerprint density at radius 1 is 1.26 bits per heavy atom. The van der Waals surface area contributed by atoms with Gasteiger partial charge in [-0.3, -0.25) is 14.9 Å². The minimum Gasteiger partial charge on any atom is -0.497 e. The molecule has 2 aromatic carbocycles. The zero-order valence-electron chi connectivity index (χ0n) is 12.7. The number of hydrogen-bond acceptors (Lipinski definition) is 5. The molecule has 0 aliphatic heterocycles. The van der Waals surface area contributed by atoms with Gasteiger partial charge >= 0.3 is 0 Å². The number of thioether (sulfide) groups is 1. The normalized spacial score (nSPS) is 10.2. The van der Waals surface area contributed by atoms with Crippen LogP contribution in [0.1, 0.15) is 15.9 Å². The maximum Gasteiger partial charge on any atom is 0.283 e. The fourth-order valence-electron chi connectivity index (χ4n) is 2.00. The number of rotatable bonds is 6. The second-order valence-corrected chi connectivity index (χ2v) is 5.52. The predicted molar refractivity (Wildman–Crippen MR) is 89.0 cm³/mol. The fourth-order valence-corrected chi connectivity index (χ4v) is 2.55. The Morgan fingerprint density at radius 2 is 1.96 bits per heavy atom. The largest absolute Gasteiger partial charge is 0.497 e. The minimum absolute atomic E-state index is 0.0606. The van der Waals surface area contributed by atoms with Crippen molar-refractivity contribution >= 4 is 23.4 Å². The molecular formula is C16H16N2O4S. The molecule has 0 bridgehead atoms. The number of methoxy groups -OCH3 is 1. The highest BCUT2D eigenvalue weighted by Gasteiger charge is 2.16. The molecule has 0 aliphatic carbocycles. The van der Waals surface area contributed by atoms with Gasteiger partial charge in [-0.1, -0.05) is 12.1 Å². The number of ether oxygens (including phenoxy) is 1. The number of carbonyl (C=O) groups is 1. The molecule has 1 amide bonds. The van der Waals surface area contributed by atoms with E-state index in [-0.39, 0.29) is 17.2 Å². The van der Waals surface area contributed by atoms with Gasteiger partial charge in [0.2, 0.25) is 0 Å². The Balaban J connectivity index is 2.08. The maximum absolute atomic E-state index is 12.2. The highest BCUT2D eigenvalue weighted by atomic mass is 32.2. The summed E-state index contributed by atoms with van der Waals surface area (Å²) >= 11 is 1.27. The maximum atomic E-state index is 12.2. The van der Waals surface area contributed by atoms with Gasteiger partial charge in [0.1, 0.15) is 5.75 Å². The molecule has 0 radical (unpaired) electrons. The zero-order chi connectivity index (χ0) is 16.8. The van der Waals surface area contributed by atoms with Crippen LogP contribution in [0, 0.1) is 10.1 Å². The minimum atomic E-state index is -0.480. The third-order valence-corrected chi connectivity index (χ3v) is 4.03. The molecule has 0 heterocycles. The Labute approximate surface area is 138 Å². The van der Waals surface area contributed by atoms with Crippen LogP contribution in [0.2, 0.25) is 0 Å². The molecule has 0 aliphatic rings. The average molecular weight is 332 g/mol. The second-order valence-electron chi connectivity index (χ2n) is 4.67. The number of nitro benzene ring substituents is 1. The molecule has 0 saturated carbocycles. The lowest BCUT2D eigenvalue weighted by Crippen LogP contribution is -2.22. The summed E-state index contributed by atoms with van der Waals surface area (Å²) < 4.78 is 5.07. The van der Waals surface area contributed by atoms with Crippen LogP contribution in [0.5, 0.6) is 5.75 Å². The third-order valence-electron chi connectivity index (χ3n) is 3.25. The first-order valence-electron chi connectivity index (χ1n) is 6.78. The van der Waals surface area contributed by atoms with Crippen LogP contribution in [0.4, 0.5) is 5.69 Å². The van der Waals surface area contributed by atoms with Gasteiger partial charge in [-0.25, -0.2) is 0 Å². The summed E-state index contributed by atoms with van der Waals surface area (Å²) in [5, 5.41) is 13.8. The fraction of sp³-hybridized carbons (Fsp3) is 0.188. The molecule has 2 aromatic rings. The Kier molecular flexibility index (Phi) is 5.59. The molecule has 1 N–H and O–H groups in total. The number of hydrogen-bond donors (Lipinski definition) is 1. The highest BCUT2D eigenvalue weighted by molar-refractivity contribution is 7.98. The van der Waals surface area contributed by atoms with E-state index in [1.165, 1.54) is 17.8 Å². The van der Waals surface area contributed by atoms with E-state index in [1.54, 1.807) is 37.6 Å². The molecule has 120 valence electrons. The van der Waals surface area contributed by atoms with Crippen molar-refractivity contribution in [3.63, 3.8) is 0 Å². The quantitative estimate of drug-likeness (QED) is 0.499. The van der Waals surface area contributed by atoms with Crippen molar-refractivity contribution in [2.24, 2.45) is 0 Å². The van der Waals surface area contributed by atoms with Gasteiger partial charge < -0.3 is 10.1 Å². The number of carbonyl (C=O) groups excluding carboxylic acids is 1. The SMILES string of the molecule is COc1ccc(CNC(=O)c2ccc(SC)c([N+](=O)[O-])c2)cc1. The van der Waals surface area contributed by atoms with Gasteiger partial charge in [-0.15, -0.1) is 11.8 Å². The molecule has 0 aromatic heterocycles. The molecule has 0 spiro atoms. The van der Waals surface area contributed by atoms with Gasteiger partial charge in [0.15, 0.2) is 0 Å². The van der Waals surface area contributed by atoms with E-state index in [4.69, 9.17) is 4.74 Å². The summed E-state index contributed by atoms with van der Waals surface area (Å²) in [5.41, 5.74) is 1.12.